The maximum Gasteiger partial charge on any atom is 0.225 e. The van der Waals surface area contributed by atoms with E-state index < -0.39 is 0 Å². The molecule has 1 saturated heterocycles. The van der Waals surface area contributed by atoms with Crippen LogP contribution in [0.15, 0.2) is 29.0 Å². The highest BCUT2D eigenvalue weighted by molar-refractivity contribution is 9.10. The van der Waals surface area contributed by atoms with Crippen LogP contribution in [0.4, 0.5) is 5.95 Å². The summed E-state index contributed by atoms with van der Waals surface area (Å²) in [6, 6.07) is 3.92. The molecule has 0 bridgehead atoms. The zero-order valence-electron chi connectivity index (χ0n) is 12.7. The van der Waals surface area contributed by atoms with Crippen LogP contribution in [0.5, 0.6) is 0 Å². The van der Waals surface area contributed by atoms with Gasteiger partial charge in [-0.15, -0.1) is 10.2 Å². The molecule has 4 heterocycles. The molecule has 0 unspecified atom stereocenters. The van der Waals surface area contributed by atoms with E-state index in [0.717, 1.165) is 53.5 Å². The van der Waals surface area contributed by atoms with Gasteiger partial charge in [-0.25, -0.2) is 9.97 Å². The van der Waals surface area contributed by atoms with Crippen molar-refractivity contribution in [3.63, 3.8) is 0 Å². The number of anilines is 1. The van der Waals surface area contributed by atoms with E-state index in [1.165, 1.54) is 0 Å². The standard InChI is InChI=1S/C15H16BrN7/c1-10-2-3-13-19-20-14(23(13)21-10)11-4-6-22(7-5-11)15-17-8-12(16)9-18-15/h2-3,8-9,11H,4-7H2,1H3. The maximum absolute atomic E-state index is 4.55. The van der Waals surface area contributed by atoms with Crippen molar-refractivity contribution in [1.29, 1.82) is 0 Å². The van der Waals surface area contributed by atoms with E-state index in [1.54, 1.807) is 12.4 Å². The molecule has 0 N–H and O–H groups in total. The molecule has 0 radical (unpaired) electrons. The summed E-state index contributed by atoms with van der Waals surface area (Å²) in [6.45, 7) is 3.80. The van der Waals surface area contributed by atoms with Crippen molar-refractivity contribution in [2.24, 2.45) is 0 Å². The van der Waals surface area contributed by atoms with Crippen LogP contribution >= 0.6 is 15.9 Å². The number of fused-ring (bicyclic) bond motifs is 1. The third-order valence-electron chi connectivity index (χ3n) is 4.17. The molecule has 1 aliphatic heterocycles. The van der Waals surface area contributed by atoms with E-state index in [-0.39, 0.29) is 0 Å². The van der Waals surface area contributed by atoms with Crippen molar-refractivity contribution < 1.29 is 0 Å². The Bertz CT molecular complexity index is 821. The van der Waals surface area contributed by atoms with E-state index in [0.29, 0.717) is 5.92 Å². The number of hydrogen-bond donors (Lipinski definition) is 0. The number of piperidine rings is 1. The molecule has 0 saturated carbocycles. The predicted molar refractivity (Wildman–Crippen MR) is 89.4 cm³/mol. The van der Waals surface area contributed by atoms with Gasteiger partial charge in [-0.2, -0.15) is 9.61 Å². The quantitative estimate of drug-likeness (QED) is 0.686. The lowest BCUT2D eigenvalue weighted by atomic mass is 9.96. The van der Waals surface area contributed by atoms with Crippen molar-refractivity contribution >= 4 is 27.5 Å². The van der Waals surface area contributed by atoms with Crippen molar-refractivity contribution in [3.8, 4) is 0 Å². The van der Waals surface area contributed by atoms with Crippen LogP contribution in [-0.2, 0) is 0 Å². The van der Waals surface area contributed by atoms with Gasteiger partial charge in [0, 0.05) is 31.4 Å². The molecular weight excluding hydrogens is 358 g/mol. The monoisotopic (exact) mass is 373 g/mol. The van der Waals surface area contributed by atoms with Crippen LogP contribution in [0.2, 0.25) is 0 Å². The summed E-state index contributed by atoms with van der Waals surface area (Å²) >= 11 is 3.37. The van der Waals surface area contributed by atoms with Crippen LogP contribution < -0.4 is 4.90 Å². The first kappa shape index (κ1) is 14.5. The highest BCUT2D eigenvalue weighted by atomic mass is 79.9. The van der Waals surface area contributed by atoms with Gasteiger partial charge >= 0.3 is 0 Å². The summed E-state index contributed by atoms with van der Waals surface area (Å²) < 4.78 is 2.78. The van der Waals surface area contributed by atoms with Crippen LogP contribution in [0.25, 0.3) is 5.65 Å². The first-order valence-electron chi connectivity index (χ1n) is 7.62. The minimum Gasteiger partial charge on any atom is -0.341 e. The minimum absolute atomic E-state index is 0.367. The molecule has 0 spiro atoms. The highest BCUT2D eigenvalue weighted by Crippen LogP contribution is 2.28. The van der Waals surface area contributed by atoms with Crippen LogP contribution in [0.3, 0.4) is 0 Å². The molecule has 1 fully saturated rings. The summed E-state index contributed by atoms with van der Waals surface area (Å²) in [5.74, 6) is 2.11. The molecule has 0 atom stereocenters. The number of rotatable bonds is 2. The largest absolute Gasteiger partial charge is 0.341 e. The minimum atomic E-state index is 0.367. The Morgan fingerprint density at radius 1 is 1.09 bits per heavy atom. The number of halogens is 1. The predicted octanol–water partition coefficient (Wildman–Crippen LogP) is 2.37. The van der Waals surface area contributed by atoms with E-state index in [9.17, 15) is 0 Å². The van der Waals surface area contributed by atoms with E-state index >= 15 is 0 Å². The molecule has 3 aromatic heterocycles. The zero-order valence-corrected chi connectivity index (χ0v) is 14.3. The van der Waals surface area contributed by atoms with E-state index in [2.05, 4.69) is 46.1 Å². The molecule has 0 aliphatic carbocycles. The Kier molecular flexibility index (Phi) is 3.68. The first-order chi connectivity index (χ1) is 11.2. The molecule has 8 heteroatoms. The maximum atomic E-state index is 4.55. The summed E-state index contributed by atoms with van der Waals surface area (Å²) in [5, 5.41) is 13.1. The molecule has 118 valence electrons. The van der Waals surface area contributed by atoms with E-state index in [1.807, 2.05) is 23.6 Å². The topological polar surface area (TPSA) is 72.1 Å². The second-order valence-corrected chi connectivity index (χ2v) is 6.68. The molecule has 4 rings (SSSR count). The van der Waals surface area contributed by atoms with Gasteiger partial charge in [0.25, 0.3) is 0 Å². The SMILES string of the molecule is Cc1ccc2nnc(C3CCN(c4ncc(Br)cn4)CC3)n2n1. The van der Waals surface area contributed by atoms with Gasteiger partial charge < -0.3 is 4.90 Å². The van der Waals surface area contributed by atoms with E-state index in [4.69, 9.17) is 0 Å². The van der Waals surface area contributed by atoms with Gasteiger partial charge in [-0.3, -0.25) is 0 Å². The summed E-state index contributed by atoms with van der Waals surface area (Å²) in [7, 11) is 0. The van der Waals surface area contributed by atoms with Crippen LogP contribution in [-0.4, -0.2) is 42.9 Å². The number of hydrogen-bond acceptors (Lipinski definition) is 6. The lowest BCUT2D eigenvalue weighted by molar-refractivity contribution is 0.472. The summed E-state index contributed by atoms with van der Waals surface area (Å²) in [5.41, 5.74) is 1.78. The molecule has 23 heavy (non-hydrogen) atoms. The van der Waals surface area contributed by atoms with Gasteiger partial charge in [0.1, 0.15) is 0 Å². The van der Waals surface area contributed by atoms with Gasteiger partial charge in [0.15, 0.2) is 11.5 Å². The smallest absolute Gasteiger partial charge is 0.225 e. The molecular formula is C15H16BrN7. The molecule has 3 aromatic rings. The third kappa shape index (κ3) is 2.78. The second kappa shape index (κ2) is 5.84. The van der Waals surface area contributed by atoms with Crippen molar-refractivity contribution in [2.75, 3.05) is 18.0 Å². The highest BCUT2D eigenvalue weighted by Gasteiger charge is 2.26. The molecule has 0 amide bonds. The van der Waals surface area contributed by atoms with Crippen LogP contribution in [0, 0.1) is 6.92 Å². The number of nitrogens with zero attached hydrogens (tertiary/aromatic N) is 7. The summed E-state index contributed by atoms with van der Waals surface area (Å²) in [4.78, 5) is 11.0. The fraction of sp³-hybridized carbons (Fsp3) is 0.400. The van der Waals surface area contributed by atoms with Crippen LogP contribution in [0.1, 0.15) is 30.3 Å². The average molecular weight is 374 g/mol. The van der Waals surface area contributed by atoms with Gasteiger partial charge in [0.2, 0.25) is 5.95 Å². The zero-order chi connectivity index (χ0) is 15.8. The van der Waals surface area contributed by atoms with Crippen molar-refractivity contribution in [2.45, 2.75) is 25.7 Å². The molecule has 1 aliphatic rings. The molecule has 7 nitrogen and oxygen atoms in total. The average Bonchev–Trinajstić information content (AvgIpc) is 2.99. The van der Waals surface area contributed by atoms with Crippen molar-refractivity contribution in [3.05, 3.63) is 40.5 Å². The second-order valence-electron chi connectivity index (χ2n) is 5.77. The van der Waals surface area contributed by atoms with Crippen molar-refractivity contribution in [1.82, 2.24) is 29.8 Å². The van der Waals surface area contributed by atoms with Gasteiger partial charge in [-0.05, 0) is 47.8 Å². The Balaban J connectivity index is 1.52. The Hall–Kier alpha value is -2.09. The first-order valence-corrected chi connectivity index (χ1v) is 8.41. The lowest BCUT2D eigenvalue weighted by Gasteiger charge is -2.30. The third-order valence-corrected chi connectivity index (χ3v) is 4.58. The Morgan fingerprint density at radius 2 is 1.83 bits per heavy atom. The van der Waals surface area contributed by atoms with Gasteiger partial charge in [0.05, 0.1) is 10.2 Å². The lowest BCUT2D eigenvalue weighted by Crippen LogP contribution is -2.34. The van der Waals surface area contributed by atoms with Gasteiger partial charge in [-0.1, -0.05) is 0 Å². The Morgan fingerprint density at radius 3 is 2.57 bits per heavy atom. The fourth-order valence-electron chi connectivity index (χ4n) is 2.96. The normalized spacial score (nSPS) is 16.2. The molecule has 0 aromatic carbocycles. The Labute approximate surface area is 141 Å². The summed E-state index contributed by atoms with van der Waals surface area (Å²) in [6.07, 6.45) is 5.56. The number of aromatic nitrogens is 6. The fourth-order valence-corrected chi connectivity index (χ4v) is 3.16. The number of aryl methyl sites for hydroxylation is 1.